The number of hydrogen-bond donors (Lipinski definition) is 0. The van der Waals surface area contributed by atoms with Crippen molar-refractivity contribution in [3.8, 4) is 12.1 Å². The average Bonchev–Trinajstić information content (AvgIpc) is 3.28. The molecule has 0 spiro atoms. The topological polar surface area (TPSA) is 90.9 Å². The molecule has 0 saturated carbocycles. The molecule has 5 rings (SSSR count). The third-order valence-corrected chi connectivity index (χ3v) is 11.6. The standard InChI is InChI=1S/C34H25N2O3P/c1-24-18-20-25(21-19-24)30-29(33(38)39-2)31(32(37)34(30,22-35)23-36)40(26-12-6-3-7-13-26,27-14-8-4-9-15-27)28-16-10-5-11-17-28/h3-21H,1-2H3. The first-order chi connectivity index (χ1) is 19.4. The molecule has 0 N–H and O–H groups in total. The van der Waals surface area contributed by atoms with E-state index in [1.807, 2.05) is 122 Å². The van der Waals surface area contributed by atoms with Gasteiger partial charge in [-0.1, -0.05) is 121 Å². The number of rotatable bonds is 5. The SMILES string of the molecule is COC(=O)C1=C(c2ccc(C)cc2)C(C#N)(C#N)C(=O)C1=P(c1ccccc1)(c1ccccc1)c1ccccc1. The van der Waals surface area contributed by atoms with Gasteiger partial charge in [-0.3, -0.25) is 4.79 Å². The van der Waals surface area contributed by atoms with E-state index in [1.165, 1.54) is 7.11 Å². The van der Waals surface area contributed by atoms with Crippen molar-refractivity contribution in [1.82, 2.24) is 0 Å². The van der Waals surface area contributed by atoms with Crippen LogP contribution in [0.15, 0.2) is 121 Å². The predicted octanol–water partition coefficient (Wildman–Crippen LogP) is 4.70. The van der Waals surface area contributed by atoms with Crippen LogP contribution in [0.25, 0.3) is 5.57 Å². The minimum Gasteiger partial charge on any atom is -0.465 e. The van der Waals surface area contributed by atoms with E-state index < -0.39 is 24.1 Å². The van der Waals surface area contributed by atoms with Gasteiger partial charge in [0.1, 0.15) is 0 Å². The molecule has 194 valence electrons. The number of aryl methyl sites for hydroxylation is 1. The molecular weight excluding hydrogens is 515 g/mol. The van der Waals surface area contributed by atoms with Crippen LogP contribution in [-0.4, -0.2) is 24.2 Å². The summed E-state index contributed by atoms with van der Waals surface area (Å²) in [5.74, 6) is -1.46. The van der Waals surface area contributed by atoms with Crippen LogP contribution in [0.4, 0.5) is 0 Å². The number of carbonyl (C=O) groups is 2. The van der Waals surface area contributed by atoms with Gasteiger partial charge in [0.05, 0.1) is 24.8 Å². The minimum atomic E-state index is -3.15. The van der Waals surface area contributed by atoms with Gasteiger partial charge in [0.15, 0.2) is 0 Å². The largest absolute Gasteiger partial charge is 0.465 e. The summed E-state index contributed by atoms with van der Waals surface area (Å²) in [6.45, 7) is -1.24. The van der Waals surface area contributed by atoms with Crippen LogP contribution >= 0.6 is 6.89 Å². The molecule has 5 nitrogen and oxygen atoms in total. The highest BCUT2D eigenvalue weighted by Gasteiger charge is 2.58. The molecule has 4 aromatic carbocycles. The van der Waals surface area contributed by atoms with Crippen LogP contribution in [-0.2, 0) is 14.3 Å². The quantitative estimate of drug-likeness (QED) is 0.270. The number of methoxy groups -OCH3 is 1. The molecule has 4 aromatic rings. The van der Waals surface area contributed by atoms with Gasteiger partial charge in [-0.15, -0.1) is 0 Å². The van der Waals surface area contributed by atoms with Gasteiger partial charge in [-0.05, 0) is 35.3 Å². The van der Waals surface area contributed by atoms with Crippen LogP contribution in [0.2, 0.25) is 0 Å². The monoisotopic (exact) mass is 540 g/mol. The average molecular weight is 541 g/mol. The van der Waals surface area contributed by atoms with Crippen molar-refractivity contribution >= 4 is 45.4 Å². The summed E-state index contributed by atoms with van der Waals surface area (Å²) in [5.41, 5.74) is -0.792. The zero-order valence-electron chi connectivity index (χ0n) is 22.0. The number of allylic oxidation sites excluding steroid dienone is 1. The van der Waals surface area contributed by atoms with Crippen LogP contribution in [0.3, 0.4) is 0 Å². The number of ether oxygens (including phenoxy) is 1. The number of hydrogen-bond acceptors (Lipinski definition) is 5. The Kier molecular flexibility index (Phi) is 7.10. The Balaban J connectivity index is 2.16. The number of ketones is 1. The zero-order chi connectivity index (χ0) is 28.3. The summed E-state index contributed by atoms with van der Waals surface area (Å²) < 4.78 is 5.30. The first-order valence-electron chi connectivity index (χ1n) is 12.7. The summed E-state index contributed by atoms with van der Waals surface area (Å²) in [7, 11) is 1.25. The van der Waals surface area contributed by atoms with Gasteiger partial charge in [-0.2, -0.15) is 10.5 Å². The van der Waals surface area contributed by atoms with E-state index in [1.54, 1.807) is 12.1 Å². The lowest BCUT2D eigenvalue weighted by Gasteiger charge is -2.32. The van der Waals surface area contributed by atoms with Crippen molar-refractivity contribution in [2.45, 2.75) is 6.92 Å². The molecule has 0 radical (unpaired) electrons. The van der Waals surface area contributed by atoms with Gasteiger partial charge in [0, 0.05) is 10.9 Å². The molecule has 40 heavy (non-hydrogen) atoms. The fourth-order valence-corrected chi connectivity index (χ4v) is 9.98. The molecule has 0 aromatic heterocycles. The van der Waals surface area contributed by atoms with Gasteiger partial charge in [0.25, 0.3) is 0 Å². The molecular formula is C34H25N2O3P. The molecule has 1 aliphatic carbocycles. The van der Waals surface area contributed by atoms with Crippen LogP contribution in [0.5, 0.6) is 0 Å². The predicted molar refractivity (Wildman–Crippen MR) is 159 cm³/mol. The molecule has 1 aliphatic rings. The van der Waals surface area contributed by atoms with Crippen LogP contribution in [0.1, 0.15) is 11.1 Å². The minimum absolute atomic E-state index is 0.0238. The Morgan fingerprint density at radius 3 is 1.52 bits per heavy atom. The zero-order valence-corrected chi connectivity index (χ0v) is 22.9. The molecule has 0 bridgehead atoms. The van der Waals surface area contributed by atoms with E-state index >= 15 is 0 Å². The van der Waals surface area contributed by atoms with Crippen LogP contribution < -0.4 is 15.9 Å². The number of benzene rings is 4. The van der Waals surface area contributed by atoms with Crippen LogP contribution in [0, 0.1) is 35.0 Å². The fraction of sp³-hybridized carbons (Fsp3) is 0.0882. The Bertz CT molecular complexity index is 1660. The van der Waals surface area contributed by atoms with Gasteiger partial charge >= 0.3 is 5.97 Å². The van der Waals surface area contributed by atoms with Crippen molar-refractivity contribution in [2.75, 3.05) is 7.11 Å². The maximum absolute atomic E-state index is 14.8. The van der Waals surface area contributed by atoms with Gasteiger partial charge in [0.2, 0.25) is 11.2 Å². The maximum atomic E-state index is 14.8. The summed E-state index contributed by atoms with van der Waals surface area (Å²) >= 11 is 0. The van der Waals surface area contributed by atoms with Gasteiger partial charge in [-0.25, -0.2) is 4.79 Å². The van der Waals surface area contributed by atoms with Crippen molar-refractivity contribution in [1.29, 1.82) is 10.5 Å². The lowest BCUT2D eigenvalue weighted by Crippen LogP contribution is -2.37. The van der Waals surface area contributed by atoms with Crippen molar-refractivity contribution in [2.24, 2.45) is 5.41 Å². The summed E-state index contributed by atoms with van der Waals surface area (Å²) in [4.78, 5) is 28.7. The van der Waals surface area contributed by atoms with Crippen molar-refractivity contribution in [3.05, 3.63) is 132 Å². The lowest BCUT2D eigenvalue weighted by molar-refractivity contribution is -0.135. The summed E-state index contributed by atoms with van der Waals surface area (Å²) in [5, 5.41) is 23.7. The van der Waals surface area contributed by atoms with E-state index in [2.05, 4.69) is 0 Å². The summed E-state index contributed by atoms with van der Waals surface area (Å²) in [6.07, 6.45) is 0. The molecule has 6 heteroatoms. The summed E-state index contributed by atoms with van der Waals surface area (Å²) in [6, 6.07) is 39.8. The Morgan fingerprint density at radius 1 is 0.725 bits per heavy atom. The molecule has 0 heterocycles. The Hall–Kier alpha value is -4.96. The van der Waals surface area contributed by atoms with E-state index in [0.29, 0.717) is 5.56 Å². The normalized spacial score (nSPS) is 14.4. The third kappa shape index (κ3) is 3.92. The number of nitrogens with zero attached hydrogens (tertiary/aromatic N) is 2. The Morgan fingerprint density at radius 2 is 1.15 bits per heavy atom. The van der Waals surface area contributed by atoms with E-state index in [-0.39, 0.29) is 16.4 Å². The highest BCUT2D eigenvalue weighted by atomic mass is 31.2. The second kappa shape index (κ2) is 10.7. The first-order valence-corrected chi connectivity index (χ1v) is 14.5. The van der Waals surface area contributed by atoms with E-state index in [4.69, 9.17) is 4.74 Å². The highest BCUT2D eigenvalue weighted by molar-refractivity contribution is 7.97. The molecule has 0 aliphatic heterocycles. The third-order valence-electron chi connectivity index (χ3n) is 7.25. The number of esters is 1. The fourth-order valence-electron chi connectivity index (χ4n) is 5.44. The number of nitriles is 2. The number of carbonyl (C=O) groups excluding carboxylic acids is 2. The molecule has 0 unspecified atom stereocenters. The first kappa shape index (κ1) is 26.6. The molecule has 0 atom stereocenters. The smallest absolute Gasteiger partial charge is 0.339 e. The molecule has 0 fully saturated rings. The second-order valence-corrected chi connectivity index (χ2v) is 12.8. The molecule has 0 amide bonds. The number of Topliss-reactive ketones (excluding diaryl/α,β-unsaturated/α-hetero) is 1. The Labute approximate surface area is 233 Å². The van der Waals surface area contributed by atoms with E-state index in [0.717, 1.165) is 21.5 Å². The maximum Gasteiger partial charge on any atom is 0.339 e. The second-order valence-electron chi connectivity index (χ2n) is 9.44. The van der Waals surface area contributed by atoms with E-state index in [9.17, 15) is 20.1 Å². The molecule has 0 saturated heterocycles. The van der Waals surface area contributed by atoms with Crippen molar-refractivity contribution in [3.63, 3.8) is 0 Å². The lowest BCUT2D eigenvalue weighted by atomic mass is 9.79. The highest BCUT2D eigenvalue weighted by Crippen LogP contribution is 2.55. The van der Waals surface area contributed by atoms with Gasteiger partial charge < -0.3 is 4.74 Å². The van der Waals surface area contributed by atoms with Crippen molar-refractivity contribution < 1.29 is 14.3 Å².